The molecule has 0 radical (unpaired) electrons. The predicted molar refractivity (Wildman–Crippen MR) is 129 cm³/mol. The van der Waals surface area contributed by atoms with Crippen molar-refractivity contribution < 1.29 is 22.7 Å². The van der Waals surface area contributed by atoms with E-state index >= 15 is 0 Å². The van der Waals surface area contributed by atoms with Gasteiger partial charge in [0.15, 0.2) is 11.5 Å². The molecule has 8 heteroatoms. The molecule has 1 aliphatic carbocycles. The first-order valence-electron chi connectivity index (χ1n) is 12.1. The number of benzene rings is 1. The Morgan fingerprint density at radius 3 is 2.18 bits per heavy atom. The number of amides is 1. The average molecular weight is 481 g/mol. The maximum absolute atomic E-state index is 13.1. The van der Waals surface area contributed by atoms with Crippen LogP contribution in [0.3, 0.4) is 0 Å². The molecule has 1 aromatic carbocycles. The van der Waals surface area contributed by atoms with Crippen LogP contribution in [-0.4, -0.2) is 52.0 Å². The molecule has 0 spiro atoms. The monoisotopic (exact) mass is 480 g/mol. The maximum Gasteiger partial charge on any atom is 0.243 e. The molecule has 3 rings (SSSR count). The van der Waals surface area contributed by atoms with Crippen molar-refractivity contribution in [2.45, 2.75) is 76.7 Å². The Kier molecular flexibility index (Phi) is 8.32. The molecule has 1 heterocycles. The quantitative estimate of drug-likeness (QED) is 0.602. The number of hydrogen-bond donors (Lipinski definition) is 1. The van der Waals surface area contributed by atoms with Gasteiger partial charge < -0.3 is 14.8 Å². The summed E-state index contributed by atoms with van der Waals surface area (Å²) in [5, 5.41) is 3.25. The Balaban J connectivity index is 1.53. The first-order chi connectivity index (χ1) is 15.6. The summed E-state index contributed by atoms with van der Waals surface area (Å²) >= 11 is 0. The first kappa shape index (κ1) is 25.8. The van der Waals surface area contributed by atoms with E-state index in [1.54, 1.807) is 6.07 Å². The number of carbonyl (C=O) groups excluding carboxylic acids is 1. The summed E-state index contributed by atoms with van der Waals surface area (Å²) in [4.78, 5) is 13.0. The Morgan fingerprint density at radius 2 is 1.64 bits per heavy atom. The van der Waals surface area contributed by atoms with E-state index in [0.717, 1.165) is 31.6 Å². The zero-order valence-electron chi connectivity index (χ0n) is 20.7. The van der Waals surface area contributed by atoms with Gasteiger partial charge in [0.2, 0.25) is 15.9 Å². The lowest BCUT2D eigenvalue weighted by molar-refractivity contribution is -0.127. The molecule has 1 saturated heterocycles. The van der Waals surface area contributed by atoms with Crippen LogP contribution in [0.15, 0.2) is 23.1 Å². The fourth-order valence-corrected chi connectivity index (χ4v) is 6.60. The normalized spacial score (nSPS) is 23.2. The van der Waals surface area contributed by atoms with E-state index < -0.39 is 10.0 Å². The lowest BCUT2D eigenvalue weighted by Gasteiger charge is -2.39. The molecular weight excluding hydrogens is 440 g/mol. The summed E-state index contributed by atoms with van der Waals surface area (Å²) in [5.74, 6) is 1.53. The zero-order chi connectivity index (χ0) is 24.2. The highest BCUT2D eigenvalue weighted by Gasteiger charge is 2.35. The van der Waals surface area contributed by atoms with Crippen molar-refractivity contribution in [2.24, 2.45) is 17.3 Å². The van der Waals surface area contributed by atoms with Gasteiger partial charge in [-0.05, 0) is 62.0 Å². The van der Waals surface area contributed by atoms with Gasteiger partial charge in [0, 0.05) is 31.1 Å². The van der Waals surface area contributed by atoms with Crippen LogP contribution < -0.4 is 14.8 Å². The summed E-state index contributed by atoms with van der Waals surface area (Å²) in [7, 11) is -0.658. The van der Waals surface area contributed by atoms with Gasteiger partial charge in [-0.2, -0.15) is 4.31 Å². The number of nitrogens with zero attached hydrogens (tertiary/aromatic N) is 1. The van der Waals surface area contributed by atoms with Gasteiger partial charge in [0.05, 0.1) is 19.1 Å². The minimum absolute atomic E-state index is 0.0800. The molecule has 0 unspecified atom stereocenters. The molecule has 1 aromatic rings. The SMILES string of the molecule is CCC(C)(C)C1CCC(NC(=O)C2CCN(S(=O)(=O)c3ccc(OC)c(OC)c3)CC2)CC1. The largest absolute Gasteiger partial charge is 0.493 e. The van der Waals surface area contributed by atoms with Crippen LogP contribution in [0.1, 0.15) is 65.7 Å². The van der Waals surface area contributed by atoms with Gasteiger partial charge in [-0.1, -0.05) is 27.2 Å². The second kappa shape index (κ2) is 10.6. The molecule has 33 heavy (non-hydrogen) atoms. The van der Waals surface area contributed by atoms with Crippen LogP contribution >= 0.6 is 0 Å². The first-order valence-corrected chi connectivity index (χ1v) is 13.6. The van der Waals surface area contributed by atoms with Gasteiger partial charge in [-0.3, -0.25) is 4.79 Å². The van der Waals surface area contributed by atoms with Crippen LogP contribution in [0, 0.1) is 17.3 Å². The fraction of sp³-hybridized carbons (Fsp3) is 0.720. The maximum atomic E-state index is 13.1. The lowest BCUT2D eigenvalue weighted by atomic mass is 9.69. The summed E-state index contributed by atoms with van der Waals surface area (Å²) in [6, 6.07) is 4.87. The van der Waals surface area contributed by atoms with E-state index in [9.17, 15) is 13.2 Å². The lowest BCUT2D eigenvalue weighted by Crippen LogP contribution is -2.46. The van der Waals surface area contributed by atoms with Crippen molar-refractivity contribution in [3.63, 3.8) is 0 Å². The summed E-state index contributed by atoms with van der Waals surface area (Å²) < 4.78 is 38.1. The van der Waals surface area contributed by atoms with Crippen LogP contribution in [0.4, 0.5) is 0 Å². The van der Waals surface area contributed by atoms with Crippen molar-refractivity contribution in [3.8, 4) is 11.5 Å². The van der Waals surface area contributed by atoms with Crippen LogP contribution in [0.5, 0.6) is 11.5 Å². The van der Waals surface area contributed by atoms with Crippen molar-refractivity contribution in [3.05, 3.63) is 18.2 Å². The zero-order valence-corrected chi connectivity index (χ0v) is 21.5. The summed E-state index contributed by atoms with van der Waals surface area (Å²) in [5.41, 5.74) is 0.362. The van der Waals surface area contributed by atoms with E-state index in [0.29, 0.717) is 42.8 Å². The van der Waals surface area contributed by atoms with Gasteiger partial charge in [-0.15, -0.1) is 0 Å². The number of ether oxygens (including phenoxy) is 2. The number of carbonyl (C=O) groups is 1. The topological polar surface area (TPSA) is 84.9 Å². The molecule has 186 valence electrons. The minimum atomic E-state index is -3.65. The molecule has 2 aliphatic rings. The molecule has 1 saturated carbocycles. The van der Waals surface area contributed by atoms with E-state index in [4.69, 9.17) is 9.47 Å². The fourth-order valence-electron chi connectivity index (χ4n) is 5.11. The van der Waals surface area contributed by atoms with Crippen LogP contribution in [0.2, 0.25) is 0 Å². The second-order valence-electron chi connectivity index (χ2n) is 10.1. The number of piperidine rings is 1. The Morgan fingerprint density at radius 1 is 1.03 bits per heavy atom. The van der Waals surface area contributed by atoms with Gasteiger partial charge in [0.1, 0.15) is 0 Å². The smallest absolute Gasteiger partial charge is 0.243 e. The van der Waals surface area contributed by atoms with Crippen molar-refractivity contribution in [1.29, 1.82) is 0 Å². The molecule has 7 nitrogen and oxygen atoms in total. The van der Waals surface area contributed by atoms with E-state index in [-0.39, 0.29) is 22.8 Å². The summed E-state index contributed by atoms with van der Waals surface area (Å²) in [6.07, 6.45) is 6.65. The van der Waals surface area contributed by atoms with Crippen LogP contribution in [-0.2, 0) is 14.8 Å². The predicted octanol–water partition coefficient (Wildman–Crippen LogP) is 4.22. The average Bonchev–Trinajstić information content (AvgIpc) is 2.83. The van der Waals surface area contributed by atoms with Gasteiger partial charge >= 0.3 is 0 Å². The van der Waals surface area contributed by atoms with Gasteiger partial charge in [-0.25, -0.2) is 8.42 Å². The second-order valence-corrected chi connectivity index (χ2v) is 12.0. The van der Waals surface area contributed by atoms with E-state index in [2.05, 4.69) is 26.1 Å². The standard InChI is InChI=1S/C25H40N2O5S/c1-6-25(2,3)19-7-9-20(10-8-19)26-24(28)18-13-15-27(16-14-18)33(29,30)21-11-12-22(31-4)23(17-21)32-5/h11-12,17-20H,6-10,13-16H2,1-5H3,(H,26,28). The number of sulfonamides is 1. The minimum Gasteiger partial charge on any atom is -0.493 e. The van der Waals surface area contributed by atoms with E-state index in [1.165, 1.54) is 37.1 Å². The molecule has 1 aliphatic heterocycles. The van der Waals surface area contributed by atoms with Crippen molar-refractivity contribution in [1.82, 2.24) is 9.62 Å². The third-order valence-electron chi connectivity index (χ3n) is 7.91. The number of methoxy groups -OCH3 is 2. The highest BCUT2D eigenvalue weighted by atomic mass is 32.2. The summed E-state index contributed by atoms with van der Waals surface area (Å²) in [6.45, 7) is 7.63. The van der Waals surface area contributed by atoms with E-state index in [1.807, 2.05) is 0 Å². The Labute approximate surface area is 199 Å². The molecule has 0 bridgehead atoms. The molecule has 0 aromatic heterocycles. The number of nitrogens with one attached hydrogen (secondary N) is 1. The molecule has 1 N–H and O–H groups in total. The molecule has 0 atom stereocenters. The number of rotatable bonds is 8. The highest BCUT2D eigenvalue weighted by molar-refractivity contribution is 7.89. The van der Waals surface area contributed by atoms with Crippen LogP contribution in [0.25, 0.3) is 0 Å². The molecule has 1 amide bonds. The third-order valence-corrected chi connectivity index (χ3v) is 9.80. The molecular formula is C25H40N2O5S. The number of hydrogen-bond acceptors (Lipinski definition) is 5. The Hall–Kier alpha value is -1.80. The van der Waals surface area contributed by atoms with Crippen molar-refractivity contribution in [2.75, 3.05) is 27.3 Å². The van der Waals surface area contributed by atoms with Crippen molar-refractivity contribution >= 4 is 15.9 Å². The highest BCUT2D eigenvalue weighted by Crippen LogP contribution is 2.40. The van der Waals surface area contributed by atoms with Gasteiger partial charge in [0.25, 0.3) is 0 Å². The Bertz CT molecular complexity index is 915. The third kappa shape index (κ3) is 5.83. The molecule has 2 fully saturated rings.